The van der Waals surface area contributed by atoms with Gasteiger partial charge < -0.3 is 0 Å². The molecule has 2 saturated carbocycles. The zero-order chi connectivity index (χ0) is 12.9. The van der Waals surface area contributed by atoms with Crippen molar-refractivity contribution in [1.29, 1.82) is 0 Å². The molecule has 0 N–H and O–H groups in total. The van der Waals surface area contributed by atoms with Crippen molar-refractivity contribution in [2.75, 3.05) is 0 Å². The predicted molar refractivity (Wildman–Crippen MR) is 67.8 cm³/mol. The second kappa shape index (κ2) is 4.01. The van der Waals surface area contributed by atoms with E-state index in [0.717, 1.165) is 37.1 Å². The van der Waals surface area contributed by atoms with Crippen molar-refractivity contribution in [3.63, 3.8) is 0 Å². The van der Waals surface area contributed by atoms with Gasteiger partial charge in [-0.2, -0.15) is 0 Å². The van der Waals surface area contributed by atoms with Crippen LogP contribution in [0.2, 0.25) is 0 Å². The molecule has 18 heavy (non-hydrogen) atoms. The number of Topliss-reactive ketones (excluding diaryl/α,β-unsaturated/α-hetero) is 2. The van der Waals surface area contributed by atoms with E-state index in [-0.39, 0.29) is 23.4 Å². The van der Waals surface area contributed by atoms with Gasteiger partial charge in [0, 0.05) is 34.4 Å². The second-order valence-corrected chi connectivity index (χ2v) is 5.53. The molecule has 2 fully saturated rings. The number of pyridine rings is 1. The average molecular weight is 243 g/mol. The summed E-state index contributed by atoms with van der Waals surface area (Å²) in [5.74, 6) is 0.698. The summed E-state index contributed by atoms with van der Waals surface area (Å²) in [6.45, 7) is 3.71. The Morgan fingerprint density at radius 3 is 1.67 bits per heavy atom. The minimum atomic E-state index is 0.171. The molecule has 0 spiro atoms. The van der Waals surface area contributed by atoms with Gasteiger partial charge in [-0.1, -0.05) is 0 Å². The van der Waals surface area contributed by atoms with Crippen LogP contribution in [0.3, 0.4) is 0 Å². The summed E-state index contributed by atoms with van der Waals surface area (Å²) in [4.78, 5) is 28.7. The highest BCUT2D eigenvalue weighted by molar-refractivity contribution is 6.05. The fourth-order valence-corrected chi connectivity index (χ4v) is 2.35. The molecule has 1 heterocycles. The third kappa shape index (κ3) is 1.98. The van der Waals surface area contributed by atoms with Crippen LogP contribution in [0.5, 0.6) is 0 Å². The Kier molecular flexibility index (Phi) is 2.58. The monoisotopic (exact) mass is 243 g/mol. The Labute approximate surface area is 107 Å². The Balaban J connectivity index is 2.00. The number of rotatable bonds is 4. The van der Waals surface area contributed by atoms with Crippen LogP contribution in [0.1, 0.15) is 57.8 Å². The lowest BCUT2D eigenvalue weighted by atomic mass is 9.98. The molecular formula is C15H17NO2. The van der Waals surface area contributed by atoms with Gasteiger partial charge in [0.05, 0.1) is 0 Å². The number of aromatic nitrogens is 1. The lowest BCUT2D eigenvalue weighted by Gasteiger charge is -2.09. The third-order valence-corrected chi connectivity index (χ3v) is 3.83. The van der Waals surface area contributed by atoms with Gasteiger partial charge >= 0.3 is 0 Å². The maximum Gasteiger partial charge on any atom is 0.167 e. The van der Waals surface area contributed by atoms with Crippen molar-refractivity contribution >= 4 is 11.6 Å². The molecule has 0 saturated heterocycles. The van der Waals surface area contributed by atoms with E-state index in [2.05, 4.69) is 4.98 Å². The molecule has 0 unspecified atom stereocenters. The van der Waals surface area contributed by atoms with Gasteiger partial charge in [0.2, 0.25) is 0 Å². The maximum atomic E-state index is 12.1. The molecule has 2 aliphatic rings. The number of carbonyl (C=O) groups excluding carboxylic acids is 2. The predicted octanol–water partition coefficient (Wildman–Crippen LogP) is 2.88. The summed E-state index contributed by atoms with van der Waals surface area (Å²) in [6, 6.07) is 1.79. The van der Waals surface area contributed by atoms with Gasteiger partial charge in [0.15, 0.2) is 11.6 Å². The quantitative estimate of drug-likeness (QED) is 0.764. The third-order valence-electron chi connectivity index (χ3n) is 3.83. The van der Waals surface area contributed by atoms with Crippen molar-refractivity contribution in [2.24, 2.45) is 11.8 Å². The molecule has 3 heteroatoms. The Morgan fingerprint density at radius 2 is 1.33 bits per heavy atom. The fourth-order valence-electron chi connectivity index (χ4n) is 2.35. The van der Waals surface area contributed by atoms with Crippen LogP contribution in [0.25, 0.3) is 0 Å². The molecule has 0 amide bonds. The van der Waals surface area contributed by atoms with Crippen LogP contribution < -0.4 is 0 Å². The van der Waals surface area contributed by atoms with Crippen LogP contribution in [0.15, 0.2) is 6.07 Å². The Bertz CT molecular complexity index is 494. The standard InChI is InChI=1S/C15H17NO2/c1-8-12(14(17)10-3-4-10)7-13(9(2)16-8)15(18)11-5-6-11/h7,10-11H,3-6H2,1-2H3. The largest absolute Gasteiger partial charge is 0.294 e. The van der Waals surface area contributed by atoms with E-state index >= 15 is 0 Å². The number of hydrogen-bond acceptors (Lipinski definition) is 3. The fraction of sp³-hybridized carbons (Fsp3) is 0.533. The number of aryl methyl sites for hydroxylation is 2. The highest BCUT2D eigenvalue weighted by atomic mass is 16.1. The van der Waals surface area contributed by atoms with Gasteiger partial charge in [-0.25, -0.2) is 0 Å². The molecule has 1 aromatic rings. The summed E-state index contributed by atoms with van der Waals surface area (Å²) in [7, 11) is 0. The van der Waals surface area contributed by atoms with Crippen molar-refractivity contribution in [1.82, 2.24) is 4.98 Å². The molecule has 0 bridgehead atoms. The van der Waals surface area contributed by atoms with Crippen LogP contribution in [-0.4, -0.2) is 16.6 Å². The minimum Gasteiger partial charge on any atom is -0.294 e. The van der Waals surface area contributed by atoms with E-state index in [1.165, 1.54) is 0 Å². The van der Waals surface area contributed by atoms with E-state index in [9.17, 15) is 9.59 Å². The molecule has 2 aliphatic carbocycles. The van der Waals surface area contributed by atoms with Gasteiger partial charge in [0.25, 0.3) is 0 Å². The van der Waals surface area contributed by atoms with Crippen molar-refractivity contribution in [3.8, 4) is 0 Å². The first kappa shape index (κ1) is 11.6. The van der Waals surface area contributed by atoms with Gasteiger partial charge in [-0.15, -0.1) is 0 Å². The SMILES string of the molecule is Cc1nc(C)c(C(=O)C2CC2)cc1C(=O)C1CC1. The Morgan fingerprint density at radius 1 is 0.944 bits per heavy atom. The van der Waals surface area contributed by atoms with E-state index in [4.69, 9.17) is 0 Å². The molecule has 0 aromatic carbocycles. The van der Waals surface area contributed by atoms with E-state index in [1.807, 2.05) is 13.8 Å². The zero-order valence-corrected chi connectivity index (χ0v) is 10.8. The summed E-state index contributed by atoms with van der Waals surface area (Å²) in [5.41, 5.74) is 2.84. The van der Waals surface area contributed by atoms with Crippen molar-refractivity contribution in [3.05, 3.63) is 28.6 Å². The number of nitrogens with zero attached hydrogens (tertiary/aromatic N) is 1. The highest BCUT2D eigenvalue weighted by Crippen LogP contribution is 2.36. The second-order valence-electron chi connectivity index (χ2n) is 5.53. The van der Waals surface area contributed by atoms with Gasteiger partial charge in [-0.05, 0) is 45.6 Å². The van der Waals surface area contributed by atoms with Crippen molar-refractivity contribution < 1.29 is 9.59 Å². The van der Waals surface area contributed by atoms with E-state index in [0.29, 0.717) is 11.1 Å². The molecule has 1 aromatic heterocycles. The molecule has 0 aliphatic heterocycles. The summed E-state index contributed by atoms with van der Waals surface area (Å²) in [6.07, 6.45) is 3.94. The Hall–Kier alpha value is -1.51. The molecule has 94 valence electrons. The maximum absolute atomic E-state index is 12.1. The topological polar surface area (TPSA) is 47.0 Å². The van der Waals surface area contributed by atoms with Gasteiger partial charge in [-0.3, -0.25) is 14.6 Å². The highest BCUT2D eigenvalue weighted by Gasteiger charge is 2.34. The lowest BCUT2D eigenvalue weighted by molar-refractivity contribution is 0.0966. The van der Waals surface area contributed by atoms with Crippen LogP contribution >= 0.6 is 0 Å². The molecule has 0 radical (unpaired) electrons. The molecule has 0 atom stereocenters. The number of carbonyl (C=O) groups is 2. The van der Waals surface area contributed by atoms with Crippen LogP contribution in [0.4, 0.5) is 0 Å². The van der Waals surface area contributed by atoms with Crippen LogP contribution in [0, 0.1) is 25.7 Å². The van der Waals surface area contributed by atoms with Gasteiger partial charge in [0.1, 0.15) is 0 Å². The first-order chi connectivity index (χ1) is 8.58. The van der Waals surface area contributed by atoms with Crippen molar-refractivity contribution in [2.45, 2.75) is 39.5 Å². The normalized spacial score (nSPS) is 18.8. The summed E-state index contributed by atoms with van der Waals surface area (Å²) >= 11 is 0. The van der Waals surface area contributed by atoms with E-state index < -0.39 is 0 Å². The van der Waals surface area contributed by atoms with Crippen LogP contribution in [-0.2, 0) is 0 Å². The lowest BCUT2D eigenvalue weighted by Crippen LogP contribution is -2.12. The summed E-state index contributed by atoms with van der Waals surface area (Å²) in [5, 5.41) is 0. The first-order valence-electron chi connectivity index (χ1n) is 6.64. The molecular weight excluding hydrogens is 226 g/mol. The van der Waals surface area contributed by atoms with E-state index in [1.54, 1.807) is 6.07 Å². The number of hydrogen-bond donors (Lipinski definition) is 0. The minimum absolute atomic E-state index is 0.171. The number of ketones is 2. The molecule has 3 nitrogen and oxygen atoms in total. The summed E-state index contributed by atoms with van der Waals surface area (Å²) < 4.78 is 0. The average Bonchev–Trinajstić information content (AvgIpc) is 3.17. The molecule has 3 rings (SSSR count). The smallest absolute Gasteiger partial charge is 0.167 e. The first-order valence-corrected chi connectivity index (χ1v) is 6.64. The zero-order valence-electron chi connectivity index (χ0n) is 10.8.